The second kappa shape index (κ2) is 5.11. The Morgan fingerprint density at radius 1 is 1.20 bits per heavy atom. The molecule has 0 spiro atoms. The van der Waals surface area contributed by atoms with Gasteiger partial charge in [-0.2, -0.15) is 4.98 Å². The van der Waals surface area contributed by atoms with Gasteiger partial charge in [-0.25, -0.2) is 0 Å². The van der Waals surface area contributed by atoms with Crippen molar-refractivity contribution in [2.45, 2.75) is 64.5 Å². The van der Waals surface area contributed by atoms with Gasteiger partial charge in [0.25, 0.3) is 0 Å². The van der Waals surface area contributed by atoms with Crippen LogP contribution in [0.5, 0.6) is 0 Å². The average molecular weight is 281 g/mol. The normalized spacial score (nSPS) is 21.9. The van der Waals surface area contributed by atoms with Crippen LogP contribution in [0.25, 0.3) is 0 Å². The predicted octanol–water partition coefficient (Wildman–Crippen LogP) is 2.97. The monoisotopic (exact) mass is 281 g/mol. The van der Waals surface area contributed by atoms with E-state index in [-0.39, 0.29) is 11.1 Å². The average Bonchev–Trinajstić information content (AvgIpc) is 2.90. The highest BCUT2D eigenvalue weighted by Crippen LogP contribution is 2.46. The van der Waals surface area contributed by atoms with Crippen molar-refractivity contribution >= 4 is 0 Å². The Hall–Kier alpha value is -0.940. The van der Waals surface area contributed by atoms with Crippen molar-refractivity contribution in [3.05, 3.63) is 11.7 Å². The molecule has 1 aliphatic carbocycles. The molecule has 1 saturated carbocycles. The highest BCUT2D eigenvalue weighted by atomic mass is 16.5. The highest BCUT2D eigenvalue weighted by Gasteiger charge is 2.44. The van der Waals surface area contributed by atoms with Crippen LogP contribution in [-0.2, 0) is 15.9 Å². The van der Waals surface area contributed by atoms with Crippen LogP contribution < -0.4 is 5.32 Å². The molecule has 0 aromatic carbocycles. The lowest BCUT2D eigenvalue weighted by molar-refractivity contribution is -0.0740. The SMILES string of the molecule is CNC(C)(C)c1nc(C2(OC)CCC(C)(C)CC2)no1. The van der Waals surface area contributed by atoms with Gasteiger partial charge in [0.05, 0.1) is 5.54 Å². The molecule has 1 heterocycles. The summed E-state index contributed by atoms with van der Waals surface area (Å²) >= 11 is 0. The number of nitrogens with one attached hydrogen (secondary N) is 1. The molecule has 0 radical (unpaired) electrons. The molecule has 5 heteroatoms. The lowest BCUT2D eigenvalue weighted by Gasteiger charge is -2.40. The molecule has 20 heavy (non-hydrogen) atoms. The minimum absolute atomic E-state index is 0.325. The van der Waals surface area contributed by atoms with Gasteiger partial charge < -0.3 is 14.6 Å². The molecule has 0 bridgehead atoms. The van der Waals surface area contributed by atoms with E-state index in [1.807, 2.05) is 20.9 Å². The number of ether oxygens (including phenoxy) is 1. The minimum Gasteiger partial charge on any atom is -0.370 e. The molecule has 1 N–H and O–H groups in total. The zero-order valence-corrected chi connectivity index (χ0v) is 13.5. The molecule has 0 saturated heterocycles. The van der Waals surface area contributed by atoms with Crippen molar-refractivity contribution in [2.75, 3.05) is 14.2 Å². The summed E-state index contributed by atoms with van der Waals surface area (Å²) in [4.78, 5) is 4.60. The van der Waals surface area contributed by atoms with Gasteiger partial charge in [0.2, 0.25) is 11.7 Å². The first-order valence-electron chi connectivity index (χ1n) is 7.33. The molecule has 5 nitrogen and oxygen atoms in total. The fraction of sp³-hybridized carbons (Fsp3) is 0.867. The first-order chi connectivity index (χ1) is 9.25. The summed E-state index contributed by atoms with van der Waals surface area (Å²) in [5, 5.41) is 7.37. The maximum Gasteiger partial charge on any atom is 0.246 e. The fourth-order valence-corrected chi connectivity index (χ4v) is 2.62. The molecule has 0 aliphatic heterocycles. The van der Waals surface area contributed by atoms with Gasteiger partial charge in [0.1, 0.15) is 5.60 Å². The van der Waals surface area contributed by atoms with Crippen molar-refractivity contribution in [1.29, 1.82) is 0 Å². The summed E-state index contributed by atoms with van der Waals surface area (Å²) in [7, 11) is 3.64. The highest BCUT2D eigenvalue weighted by molar-refractivity contribution is 5.08. The summed E-state index contributed by atoms with van der Waals surface area (Å²) in [5.41, 5.74) is -0.339. The molecule has 1 fully saturated rings. The van der Waals surface area contributed by atoms with E-state index >= 15 is 0 Å². The summed E-state index contributed by atoms with van der Waals surface area (Å²) in [6, 6.07) is 0. The van der Waals surface area contributed by atoms with E-state index in [2.05, 4.69) is 29.3 Å². The molecule has 0 unspecified atom stereocenters. The Labute approximate surface area is 121 Å². The minimum atomic E-state index is -0.388. The summed E-state index contributed by atoms with van der Waals surface area (Å²) in [6.07, 6.45) is 4.10. The third-order valence-corrected chi connectivity index (χ3v) is 4.80. The van der Waals surface area contributed by atoms with Gasteiger partial charge in [-0.15, -0.1) is 0 Å². The van der Waals surface area contributed by atoms with E-state index < -0.39 is 0 Å². The van der Waals surface area contributed by atoms with Crippen LogP contribution in [0.4, 0.5) is 0 Å². The van der Waals surface area contributed by atoms with Crippen molar-refractivity contribution in [3.8, 4) is 0 Å². The molecule has 1 aromatic heterocycles. The van der Waals surface area contributed by atoms with Crippen molar-refractivity contribution in [2.24, 2.45) is 5.41 Å². The summed E-state index contributed by atoms with van der Waals surface area (Å²) < 4.78 is 11.3. The molecule has 1 aromatic rings. The summed E-state index contributed by atoms with van der Waals surface area (Å²) in [5.74, 6) is 1.30. The number of nitrogens with zero attached hydrogens (tertiary/aromatic N) is 2. The van der Waals surface area contributed by atoms with E-state index in [1.165, 1.54) is 0 Å². The van der Waals surface area contributed by atoms with Gasteiger partial charge >= 0.3 is 0 Å². The van der Waals surface area contributed by atoms with E-state index in [9.17, 15) is 0 Å². The molecule has 1 aliphatic rings. The lowest BCUT2D eigenvalue weighted by Crippen LogP contribution is -2.38. The standard InChI is InChI=1S/C15H27N3O2/c1-13(2)7-9-15(19-6,10-8-13)11-17-12(20-18-11)14(3,4)16-5/h16H,7-10H2,1-6H3. The second-order valence-electron chi connectivity index (χ2n) is 7.16. The van der Waals surface area contributed by atoms with Crippen molar-refractivity contribution in [3.63, 3.8) is 0 Å². The van der Waals surface area contributed by atoms with E-state index in [1.54, 1.807) is 7.11 Å². The quantitative estimate of drug-likeness (QED) is 0.919. The van der Waals surface area contributed by atoms with E-state index in [4.69, 9.17) is 9.26 Å². The molecular formula is C15H27N3O2. The molecule has 114 valence electrons. The second-order valence-corrected chi connectivity index (χ2v) is 7.16. The molecule has 2 rings (SSSR count). The van der Waals surface area contributed by atoms with Crippen molar-refractivity contribution < 1.29 is 9.26 Å². The van der Waals surface area contributed by atoms with Crippen LogP contribution in [0.1, 0.15) is 65.1 Å². The maximum absolute atomic E-state index is 5.81. The van der Waals surface area contributed by atoms with Crippen molar-refractivity contribution in [1.82, 2.24) is 15.5 Å². The molecule has 0 atom stereocenters. The zero-order valence-electron chi connectivity index (χ0n) is 13.5. The lowest BCUT2D eigenvalue weighted by atomic mass is 9.70. The largest absolute Gasteiger partial charge is 0.370 e. The van der Waals surface area contributed by atoms with Crippen LogP contribution in [-0.4, -0.2) is 24.3 Å². The van der Waals surface area contributed by atoms with Crippen LogP contribution in [0.3, 0.4) is 0 Å². The van der Waals surface area contributed by atoms with E-state index in [0.29, 0.717) is 17.1 Å². The smallest absolute Gasteiger partial charge is 0.246 e. The topological polar surface area (TPSA) is 60.2 Å². The van der Waals surface area contributed by atoms with Crippen LogP contribution in [0, 0.1) is 5.41 Å². The Morgan fingerprint density at radius 3 is 2.30 bits per heavy atom. The third-order valence-electron chi connectivity index (χ3n) is 4.80. The number of methoxy groups -OCH3 is 1. The number of hydrogen-bond acceptors (Lipinski definition) is 5. The Kier molecular flexibility index (Phi) is 3.95. The zero-order chi connectivity index (χ0) is 15.0. The van der Waals surface area contributed by atoms with Crippen LogP contribution >= 0.6 is 0 Å². The van der Waals surface area contributed by atoms with Crippen LogP contribution in [0.15, 0.2) is 4.52 Å². The van der Waals surface area contributed by atoms with E-state index in [0.717, 1.165) is 25.7 Å². The number of rotatable bonds is 4. The fourth-order valence-electron chi connectivity index (χ4n) is 2.62. The van der Waals surface area contributed by atoms with Gasteiger partial charge in [-0.3, -0.25) is 0 Å². The molecule has 0 amide bonds. The predicted molar refractivity (Wildman–Crippen MR) is 77.3 cm³/mol. The van der Waals surface area contributed by atoms with Crippen LogP contribution in [0.2, 0.25) is 0 Å². The number of hydrogen-bond donors (Lipinski definition) is 1. The van der Waals surface area contributed by atoms with Gasteiger partial charge in [-0.1, -0.05) is 19.0 Å². The number of aromatic nitrogens is 2. The van der Waals surface area contributed by atoms with Gasteiger partial charge in [0, 0.05) is 7.11 Å². The Balaban J connectivity index is 2.25. The Bertz CT molecular complexity index is 455. The Morgan fingerprint density at radius 2 is 1.80 bits per heavy atom. The third kappa shape index (κ3) is 2.74. The molecular weight excluding hydrogens is 254 g/mol. The summed E-state index contributed by atoms with van der Waals surface area (Å²) in [6.45, 7) is 8.65. The first-order valence-corrected chi connectivity index (χ1v) is 7.33. The maximum atomic E-state index is 5.81. The van der Waals surface area contributed by atoms with Gasteiger partial charge in [0.15, 0.2) is 0 Å². The first kappa shape index (κ1) is 15.4. The van der Waals surface area contributed by atoms with Gasteiger partial charge in [-0.05, 0) is 52.0 Å².